The molecule has 0 bridgehead atoms. The molecule has 14 heteroatoms. The highest BCUT2D eigenvalue weighted by molar-refractivity contribution is 6.03. The third kappa shape index (κ3) is 12.0. The number of nitrogens with zero attached hydrogens (tertiary/aromatic N) is 3. The first-order chi connectivity index (χ1) is 30.1. The third-order valence-electron chi connectivity index (χ3n) is 11.1. The van der Waals surface area contributed by atoms with E-state index in [2.05, 4.69) is 10.8 Å². The molecule has 2 amide bonds. The zero-order chi connectivity index (χ0) is 44.0. The highest BCUT2D eigenvalue weighted by Crippen LogP contribution is 2.36. The van der Waals surface area contributed by atoms with Gasteiger partial charge >= 0.3 is 5.97 Å². The number of nitrogens with one attached hydrogen (secondary N) is 1. The molecule has 0 aliphatic carbocycles. The molecule has 2 saturated heterocycles. The van der Waals surface area contributed by atoms with E-state index >= 15 is 0 Å². The summed E-state index contributed by atoms with van der Waals surface area (Å²) in [6.45, 7) is 11.8. The molecule has 3 aliphatic heterocycles. The molecule has 3 aromatic rings. The first-order valence-corrected chi connectivity index (χ1v) is 21.1. The Morgan fingerprint density at radius 1 is 0.774 bits per heavy atom. The zero-order valence-electron chi connectivity index (χ0n) is 36.4. The van der Waals surface area contributed by atoms with Gasteiger partial charge in [0, 0.05) is 37.1 Å². The number of rotatable bonds is 21. The lowest BCUT2D eigenvalue weighted by Gasteiger charge is -2.21. The topological polar surface area (TPSA) is 159 Å². The lowest BCUT2D eigenvalue weighted by molar-refractivity contribution is -0.141. The normalized spacial score (nSPS) is 18.2. The molecular weight excluding hydrogens is 793 g/mol. The van der Waals surface area contributed by atoms with Crippen LogP contribution in [0.3, 0.4) is 0 Å². The maximum Gasteiger partial charge on any atom is 0.307 e. The Balaban J connectivity index is 1.09. The molecule has 1 N–H and O–H groups in total. The predicted molar refractivity (Wildman–Crippen MR) is 235 cm³/mol. The molecule has 0 saturated carbocycles. The number of carbonyl (C=O) groups is 3. The van der Waals surface area contributed by atoms with E-state index in [4.69, 9.17) is 38.8 Å². The van der Waals surface area contributed by atoms with E-state index in [1.165, 1.54) is 18.9 Å². The van der Waals surface area contributed by atoms with Crippen LogP contribution in [-0.4, -0.2) is 119 Å². The largest absolute Gasteiger partial charge is 0.491 e. The van der Waals surface area contributed by atoms with Crippen molar-refractivity contribution < 1.29 is 47.5 Å². The maximum atomic E-state index is 13.6. The minimum Gasteiger partial charge on any atom is -0.491 e. The van der Waals surface area contributed by atoms with Gasteiger partial charge in [0.05, 0.1) is 76.5 Å². The van der Waals surface area contributed by atoms with Crippen LogP contribution in [0.1, 0.15) is 76.1 Å². The molecule has 2 atom stereocenters. The fraction of sp³-hybridized carbons (Fsp3) is 0.438. The predicted octanol–water partition coefficient (Wildman–Crippen LogP) is 7.14. The van der Waals surface area contributed by atoms with Gasteiger partial charge in [0.25, 0.3) is 11.8 Å². The molecule has 3 heterocycles. The van der Waals surface area contributed by atoms with E-state index in [-0.39, 0.29) is 56.1 Å². The van der Waals surface area contributed by atoms with Gasteiger partial charge in [-0.15, -0.1) is 0 Å². The van der Waals surface area contributed by atoms with Crippen molar-refractivity contribution in [1.82, 2.24) is 9.80 Å². The summed E-state index contributed by atoms with van der Waals surface area (Å²) in [5.74, 6) is 1.44. The minimum absolute atomic E-state index is 0.0267. The van der Waals surface area contributed by atoms with Gasteiger partial charge < -0.3 is 48.4 Å². The fourth-order valence-electron chi connectivity index (χ4n) is 7.56. The van der Waals surface area contributed by atoms with Crippen molar-refractivity contribution in [1.29, 1.82) is 5.41 Å². The number of likely N-dealkylation sites (tertiary alicyclic amines) is 1. The second kappa shape index (κ2) is 22.3. The number of benzene rings is 3. The summed E-state index contributed by atoms with van der Waals surface area (Å²) in [5.41, 5.74) is 7.44. The van der Waals surface area contributed by atoms with Crippen LogP contribution in [0, 0.1) is 19.3 Å². The summed E-state index contributed by atoms with van der Waals surface area (Å²) in [6, 6.07) is 14.7. The lowest BCUT2D eigenvalue weighted by Crippen LogP contribution is -2.36. The number of esters is 1. The number of hydrogen-bond donors (Lipinski definition) is 1. The molecule has 3 aliphatic rings. The van der Waals surface area contributed by atoms with Crippen LogP contribution in [0.2, 0.25) is 0 Å². The Labute approximate surface area is 363 Å². The number of carbonyl (C=O) groups excluding carboxylic acids is 3. The quantitative estimate of drug-likeness (QED) is 0.0506. The van der Waals surface area contributed by atoms with Crippen molar-refractivity contribution in [3.8, 4) is 17.2 Å². The van der Waals surface area contributed by atoms with Crippen LogP contribution in [-0.2, 0) is 37.0 Å². The van der Waals surface area contributed by atoms with Gasteiger partial charge in [-0.1, -0.05) is 23.3 Å². The van der Waals surface area contributed by atoms with E-state index in [9.17, 15) is 14.4 Å². The van der Waals surface area contributed by atoms with Gasteiger partial charge in [-0.2, -0.15) is 0 Å². The van der Waals surface area contributed by atoms with Crippen LogP contribution >= 0.6 is 0 Å². The van der Waals surface area contributed by atoms with Gasteiger partial charge in [0.15, 0.2) is 0 Å². The summed E-state index contributed by atoms with van der Waals surface area (Å²) in [6.07, 6.45) is 8.98. The Hall–Kier alpha value is -5.83. The molecule has 2 fully saturated rings. The monoisotopic (exact) mass is 850 g/mol. The molecule has 62 heavy (non-hydrogen) atoms. The molecule has 14 nitrogen and oxygen atoms in total. The summed E-state index contributed by atoms with van der Waals surface area (Å²) in [7, 11) is 1.35. The molecule has 1 unspecified atom stereocenters. The van der Waals surface area contributed by atoms with Crippen molar-refractivity contribution in [3.05, 3.63) is 105 Å². The maximum absolute atomic E-state index is 13.6. The van der Waals surface area contributed by atoms with Crippen molar-refractivity contribution >= 4 is 35.9 Å². The first kappa shape index (κ1) is 45.7. The standard InChI is InChI=1S/C48H58N4O10/c1-6-34-21-39(26-49)51(28-34)47(54)38-8-9-44(32(3)18-38)61-30-36-20-37(24-41(23-36)60-17-16-59-15-14-58-13-12-57-11-10-46(53)56-5)31-62-45-25-43-42(19-33(45)4)48(55)52-29-35(7-2)22-40(52)27-50-43/h6-9,18-20,23-27,39-40,49H,10-17,21-22,28-31H2,1-5H3/b34-6+,35-7+,49-26?/t39-,40?/m0/s1. The second-order valence-corrected chi connectivity index (χ2v) is 15.4. The first-order valence-electron chi connectivity index (χ1n) is 21.1. The number of amides is 2. The SMILES string of the molecule is C/C=C1\CC2C=Nc3cc(OCc4cc(COc5ccc(C(=O)N6C/C(=C/C)C[C@H]6C=N)cc5C)cc(OCCOCCOCCOCCC(=O)OC)c4)c(C)cc3C(=O)N2C1. The van der Waals surface area contributed by atoms with Crippen molar-refractivity contribution in [3.63, 3.8) is 0 Å². The lowest BCUT2D eigenvalue weighted by atomic mass is 10.1. The van der Waals surface area contributed by atoms with Crippen molar-refractivity contribution in [2.24, 2.45) is 4.99 Å². The summed E-state index contributed by atoms with van der Waals surface area (Å²) in [5, 5.41) is 7.84. The minimum atomic E-state index is -0.312. The van der Waals surface area contributed by atoms with Crippen LogP contribution < -0.4 is 14.2 Å². The second-order valence-electron chi connectivity index (χ2n) is 15.4. The molecule has 0 radical (unpaired) electrons. The summed E-state index contributed by atoms with van der Waals surface area (Å²) in [4.78, 5) is 46.5. The summed E-state index contributed by atoms with van der Waals surface area (Å²) >= 11 is 0. The van der Waals surface area contributed by atoms with Gasteiger partial charge in [0.1, 0.15) is 37.1 Å². The van der Waals surface area contributed by atoms with Crippen LogP contribution in [0.25, 0.3) is 0 Å². The number of fused-ring (bicyclic) bond motifs is 2. The number of ether oxygens (including phenoxy) is 7. The zero-order valence-corrected chi connectivity index (χ0v) is 36.4. The Morgan fingerprint density at radius 2 is 1.42 bits per heavy atom. The smallest absolute Gasteiger partial charge is 0.307 e. The molecule has 6 rings (SSSR count). The average Bonchev–Trinajstić information content (AvgIpc) is 3.89. The van der Waals surface area contributed by atoms with Crippen molar-refractivity contribution in [2.75, 3.05) is 66.4 Å². The highest BCUT2D eigenvalue weighted by Gasteiger charge is 2.34. The van der Waals surface area contributed by atoms with E-state index in [1.54, 1.807) is 11.0 Å². The number of aliphatic imine (C=N–C) groups is 1. The Bertz CT molecular complexity index is 2180. The molecule has 330 valence electrons. The van der Waals surface area contributed by atoms with Gasteiger partial charge in [0.2, 0.25) is 0 Å². The number of allylic oxidation sites excluding steroid dienone is 2. The van der Waals surface area contributed by atoms with E-state index < -0.39 is 0 Å². The highest BCUT2D eigenvalue weighted by atomic mass is 16.6. The van der Waals surface area contributed by atoms with Crippen LogP contribution in [0.15, 0.2) is 76.8 Å². The Morgan fingerprint density at radius 3 is 2.08 bits per heavy atom. The third-order valence-corrected chi connectivity index (χ3v) is 11.1. The van der Waals surface area contributed by atoms with E-state index in [0.29, 0.717) is 93.2 Å². The molecule has 0 aromatic heterocycles. The number of methoxy groups -OCH3 is 1. The van der Waals surface area contributed by atoms with Crippen molar-refractivity contribution in [2.45, 2.75) is 72.3 Å². The Kier molecular flexibility index (Phi) is 16.4. The number of aryl methyl sites for hydroxylation is 2. The molecule has 0 spiro atoms. The summed E-state index contributed by atoms with van der Waals surface area (Å²) < 4.78 is 40.1. The average molecular weight is 851 g/mol. The van der Waals surface area contributed by atoms with Crippen LogP contribution in [0.4, 0.5) is 5.69 Å². The van der Waals surface area contributed by atoms with Crippen LogP contribution in [0.5, 0.6) is 17.2 Å². The van der Waals surface area contributed by atoms with E-state index in [1.807, 2.05) is 87.4 Å². The molecule has 3 aromatic carbocycles. The van der Waals surface area contributed by atoms with Gasteiger partial charge in [-0.3, -0.25) is 19.4 Å². The van der Waals surface area contributed by atoms with Gasteiger partial charge in [-0.25, -0.2) is 0 Å². The fourth-order valence-corrected chi connectivity index (χ4v) is 7.56. The van der Waals surface area contributed by atoms with Gasteiger partial charge in [-0.05, 0) is 105 Å². The molecular formula is C48H58N4O10. The number of hydrogen-bond acceptors (Lipinski definition) is 12. The van der Waals surface area contributed by atoms with E-state index in [0.717, 1.165) is 34.2 Å².